The van der Waals surface area contributed by atoms with Gasteiger partial charge in [0.05, 0.1) is 16.3 Å². The van der Waals surface area contributed by atoms with Gasteiger partial charge in [0.2, 0.25) is 0 Å². The van der Waals surface area contributed by atoms with Crippen molar-refractivity contribution in [3.05, 3.63) is 34.1 Å². The number of hydrogen-bond acceptors (Lipinski definition) is 3. The summed E-state index contributed by atoms with van der Waals surface area (Å²) in [6.45, 7) is 0. The average Bonchev–Trinajstić information content (AvgIpc) is 2.06. The standard InChI is InChI=1S/C9H10BrFO3S/c1-15(13,14)5-9(12)6-2-3-7(10)8(11)4-6/h2-4,9,12H,5H2,1H3. The Bertz CT molecular complexity index is 458. The Hall–Kier alpha value is -0.460. The summed E-state index contributed by atoms with van der Waals surface area (Å²) < 4.78 is 35.1. The second-order valence-electron chi connectivity index (χ2n) is 3.28. The topological polar surface area (TPSA) is 54.4 Å². The van der Waals surface area contributed by atoms with Crippen molar-refractivity contribution < 1.29 is 17.9 Å². The third-order valence-electron chi connectivity index (χ3n) is 1.79. The minimum atomic E-state index is -3.28. The van der Waals surface area contributed by atoms with Crippen LogP contribution in [0.5, 0.6) is 0 Å². The lowest BCUT2D eigenvalue weighted by Crippen LogP contribution is -2.12. The Balaban J connectivity index is 2.92. The van der Waals surface area contributed by atoms with Crippen LogP contribution >= 0.6 is 15.9 Å². The molecule has 0 spiro atoms. The predicted octanol–water partition coefficient (Wildman–Crippen LogP) is 1.67. The first-order valence-electron chi connectivity index (χ1n) is 4.10. The quantitative estimate of drug-likeness (QED) is 0.923. The molecule has 3 nitrogen and oxygen atoms in total. The molecule has 0 fully saturated rings. The number of halogens is 2. The largest absolute Gasteiger partial charge is 0.387 e. The molecule has 0 aliphatic carbocycles. The minimum Gasteiger partial charge on any atom is -0.387 e. The monoisotopic (exact) mass is 296 g/mol. The number of rotatable bonds is 3. The highest BCUT2D eigenvalue weighted by molar-refractivity contribution is 9.10. The molecule has 1 N–H and O–H groups in total. The summed E-state index contributed by atoms with van der Waals surface area (Å²) in [6.07, 6.45) is -0.173. The van der Waals surface area contributed by atoms with Gasteiger partial charge in [0, 0.05) is 6.26 Å². The maximum Gasteiger partial charge on any atom is 0.150 e. The molecule has 15 heavy (non-hydrogen) atoms. The van der Waals surface area contributed by atoms with Crippen molar-refractivity contribution in [1.29, 1.82) is 0 Å². The van der Waals surface area contributed by atoms with Crippen LogP contribution in [0.2, 0.25) is 0 Å². The maximum absolute atomic E-state index is 13.1. The summed E-state index contributed by atoms with van der Waals surface area (Å²) in [7, 11) is -3.28. The summed E-state index contributed by atoms with van der Waals surface area (Å²) in [4.78, 5) is 0. The molecule has 0 radical (unpaired) electrons. The molecule has 84 valence electrons. The number of hydrogen-bond donors (Lipinski definition) is 1. The van der Waals surface area contributed by atoms with Crippen LogP contribution in [0.1, 0.15) is 11.7 Å². The van der Waals surface area contributed by atoms with Crippen LogP contribution in [0.15, 0.2) is 22.7 Å². The Morgan fingerprint density at radius 1 is 1.53 bits per heavy atom. The summed E-state index contributed by atoms with van der Waals surface area (Å²) >= 11 is 2.96. The molecule has 6 heteroatoms. The van der Waals surface area contributed by atoms with Crippen molar-refractivity contribution >= 4 is 25.8 Å². The SMILES string of the molecule is CS(=O)(=O)CC(O)c1ccc(Br)c(F)c1. The summed E-state index contributed by atoms with van der Waals surface area (Å²) in [5.74, 6) is -0.936. The molecular formula is C9H10BrFO3S. The van der Waals surface area contributed by atoms with Gasteiger partial charge in [-0.2, -0.15) is 0 Å². The van der Waals surface area contributed by atoms with Gasteiger partial charge in [-0.05, 0) is 33.6 Å². The molecular weight excluding hydrogens is 287 g/mol. The van der Waals surface area contributed by atoms with Gasteiger partial charge in [-0.3, -0.25) is 0 Å². The van der Waals surface area contributed by atoms with Gasteiger partial charge in [0.15, 0.2) is 0 Å². The van der Waals surface area contributed by atoms with E-state index in [0.717, 1.165) is 12.3 Å². The van der Waals surface area contributed by atoms with Gasteiger partial charge in [0.25, 0.3) is 0 Å². The second-order valence-corrected chi connectivity index (χ2v) is 6.32. The van der Waals surface area contributed by atoms with Gasteiger partial charge in [-0.1, -0.05) is 6.07 Å². The van der Waals surface area contributed by atoms with E-state index < -0.39 is 27.5 Å². The number of aliphatic hydroxyl groups is 1. The van der Waals surface area contributed by atoms with E-state index in [1.165, 1.54) is 12.1 Å². The zero-order valence-electron chi connectivity index (χ0n) is 7.94. The smallest absolute Gasteiger partial charge is 0.150 e. The first-order chi connectivity index (χ1) is 6.79. The lowest BCUT2D eigenvalue weighted by atomic mass is 10.1. The van der Waals surface area contributed by atoms with Crippen molar-refractivity contribution in [1.82, 2.24) is 0 Å². The fourth-order valence-electron chi connectivity index (χ4n) is 1.10. The highest BCUT2D eigenvalue weighted by Gasteiger charge is 2.15. The lowest BCUT2D eigenvalue weighted by molar-refractivity contribution is 0.201. The molecule has 0 saturated carbocycles. The van der Waals surface area contributed by atoms with E-state index in [1.807, 2.05) is 0 Å². The lowest BCUT2D eigenvalue weighted by Gasteiger charge is -2.09. The van der Waals surface area contributed by atoms with Crippen molar-refractivity contribution in [2.24, 2.45) is 0 Å². The first-order valence-corrected chi connectivity index (χ1v) is 6.95. The highest BCUT2D eigenvalue weighted by atomic mass is 79.9. The molecule has 1 aromatic carbocycles. The van der Waals surface area contributed by atoms with E-state index in [2.05, 4.69) is 15.9 Å². The third kappa shape index (κ3) is 3.89. The van der Waals surface area contributed by atoms with Crippen molar-refractivity contribution in [3.63, 3.8) is 0 Å². The van der Waals surface area contributed by atoms with Crippen LogP contribution in [0.25, 0.3) is 0 Å². The summed E-state index contributed by atoms with van der Waals surface area (Å²) in [5, 5.41) is 9.51. The van der Waals surface area contributed by atoms with Crippen LogP contribution in [0.3, 0.4) is 0 Å². The second kappa shape index (κ2) is 4.59. The molecule has 0 heterocycles. The molecule has 0 aliphatic rings. The fourth-order valence-corrected chi connectivity index (χ4v) is 2.12. The van der Waals surface area contributed by atoms with Crippen LogP contribution in [0.4, 0.5) is 4.39 Å². The van der Waals surface area contributed by atoms with E-state index in [-0.39, 0.29) is 10.0 Å². The predicted molar refractivity (Wildman–Crippen MR) is 58.8 cm³/mol. The first kappa shape index (κ1) is 12.6. The minimum absolute atomic E-state index is 0.251. The van der Waals surface area contributed by atoms with Gasteiger partial charge in [-0.25, -0.2) is 12.8 Å². The van der Waals surface area contributed by atoms with E-state index in [4.69, 9.17) is 0 Å². The Morgan fingerprint density at radius 3 is 2.60 bits per heavy atom. The number of aliphatic hydroxyl groups excluding tert-OH is 1. The Morgan fingerprint density at radius 2 is 2.13 bits per heavy atom. The Kier molecular flexibility index (Phi) is 3.86. The third-order valence-corrected chi connectivity index (χ3v) is 3.35. The van der Waals surface area contributed by atoms with Crippen LogP contribution in [-0.4, -0.2) is 25.5 Å². The molecule has 0 bridgehead atoms. The van der Waals surface area contributed by atoms with Crippen molar-refractivity contribution in [2.75, 3.05) is 12.0 Å². The fraction of sp³-hybridized carbons (Fsp3) is 0.333. The summed E-state index contributed by atoms with van der Waals surface area (Å²) in [5.41, 5.74) is 0.251. The maximum atomic E-state index is 13.1. The average molecular weight is 297 g/mol. The van der Waals surface area contributed by atoms with Gasteiger partial charge in [-0.15, -0.1) is 0 Å². The molecule has 1 aromatic rings. The van der Waals surface area contributed by atoms with Crippen LogP contribution in [-0.2, 0) is 9.84 Å². The van der Waals surface area contributed by atoms with Crippen LogP contribution in [0, 0.1) is 5.82 Å². The molecule has 0 aliphatic heterocycles. The van der Waals surface area contributed by atoms with E-state index >= 15 is 0 Å². The normalized spacial score (nSPS) is 13.9. The zero-order valence-corrected chi connectivity index (χ0v) is 10.3. The van der Waals surface area contributed by atoms with E-state index in [1.54, 1.807) is 0 Å². The highest BCUT2D eigenvalue weighted by Crippen LogP contribution is 2.21. The van der Waals surface area contributed by atoms with Gasteiger partial charge >= 0.3 is 0 Å². The zero-order chi connectivity index (χ0) is 11.6. The number of benzene rings is 1. The molecule has 0 saturated heterocycles. The van der Waals surface area contributed by atoms with Gasteiger partial charge < -0.3 is 5.11 Å². The molecule has 0 amide bonds. The molecule has 1 unspecified atom stereocenters. The molecule has 0 aromatic heterocycles. The van der Waals surface area contributed by atoms with Crippen molar-refractivity contribution in [3.8, 4) is 0 Å². The van der Waals surface area contributed by atoms with Gasteiger partial charge in [0.1, 0.15) is 15.7 Å². The van der Waals surface area contributed by atoms with Crippen molar-refractivity contribution in [2.45, 2.75) is 6.10 Å². The van der Waals surface area contributed by atoms with E-state index in [0.29, 0.717) is 0 Å². The van der Waals surface area contributed by atoms with E-state index in [9.17, 15) is 17.9 Å². The molecule has 1 atom stereocenters. The molecule has 1 rings (SSSR count). The van der Waals surface area contributed by atoms with Crippen LogP contribution < -0.4 is 0 Å². The Labute approximate surface area is 96.0 Å². The number of sulfone groups is 1. The summed E-state index contributed by atoms with van der Waals surface area (Å²) in [6, 6.07) is 4.01.